The van der Waals surface area contributed by atoms with Crippen LogP contribution in [-0.4, -0.2) is 43.2 Å². The third-order valence-electron chi connectivity index (χ3n) is 5.27. The van der Waals surface area contributed by atoms with Crippen LogP contribution in [0.15, 0.2) is 24.3 Å². The van der Waals surface area contributed by atoms with E-state index in [1.807, 2.05) is 26.0 Å². The molecule has 0 aliphatic carbocycles. The second-order valence-electron chi connectivity index (χ2n) is 7.49. The summed E-state index contributed by atoms with van der Waals surface area (Å²) in [6.45, 7) is 7.89. The maximum atomic E-state index is 13.1. The van der Waals surface area contributed by atoms with Crippen molar-refractivity contribution in [2.75, 3.05) is 26.3 Å². The number of ether oxygens (including phenoxy) is 1. The molecule has 0 bridgehead atoms. The van der Waals surface area contributed by atoms with Gasteiger partial charge in [-0.25, -0.2) is 4.39 Å². The molecule has 2 aliphatic rings. The molecule has 2 fully saturated rings. The fraction of sp³-hybridized carbons (Fsp3) is 0.632. The Morgan fingerprint density at radius 3 is 2.62 bits per heavy atom. The Hall–Kier alpha value is -1.46. The van der Waals surface area contributed by atoms with E-state index in [0.29, 0.717) is 0 Å². The summed E-state index contributed by atoms with van der Waals surface area (Å²) in [5, 5.41) is 3.09. The van der Waals surface area contributed by atoms with Gasteiger partial charge in [-0.3, -0.25) is 9.69 Å². The van der Waals surface area contributed by atoms with Crippen LogP contribution in [0.1, 0.15) is 32.3 Å². The highest BCUT2D eigenvalue weighted by Crippen LogP contribution is 2.44. The average molecular weight is 334 g/mol. The van der Waals surface area contributed by atoms with Crippen LogP contribution >= 0.6 is 0 Å². The molecule has 2 aliphatic heterocycles. The molecule has 1 aromatic rings. The lowest BCUT2D eigenvalue weighted by atomic mass is 9.71. The number of carbonyl (C=O) groups excluding carboxylic acids is 1. The molecule has 24 heavy (non-hydrogen) atoms. The van der Waals surface area contributed by atoms with E-state index in [2.05, 4.69) is 10.2 Å². The highest BCUT2D eigenvalue weighted by Gasteiger charge is 2.50. The van der Waals surface area contributed by atoms with Crippen LogP contribution in [-0.2, 0) is 16.1 Å². The van der Waals surface area contributed by atoms with Crippen LogP contribution in [0.4, 0.5) is 4.39 Å². The number of nitrogens with zero attached hydrogens (tertiary/aromatic N) is 1. The maximum absolute atomic E-state index is 13.1. The van der Waals surface area contributed by atoms with E-state index in [4.69, 9.17) is 4.74 Å². The summed E-state index contributed by atoms with van der Waals surface area (Å²) in [6, 6.07) is 6.80. The zero-order valence-corrected chi connectivity index (χ0v) is 14.6. The fourth-order valence-corrected chi connectivity index (χ4v) is 4.07. The zero-order chi connectivity index (χ0) is 17.2. The molecule has 132 valence electrons. The molecule has 0 radical (unpaired) electrons. The highest BCUT2D eigenvalue weighted by atomic mass is 19.1. The number of likely N-dealkylation sites (tertiary alicyclic amines) is 1. The quantitative estimate of drug-likeness (QED) is 0.920. The Balaban J connectivity index is 1.74. The molecule has 2 saturated heterocycles. The fourth-order valence-electron chi connectivity index (χ4n) is 4.07. The first kappa shape index (κ1) is 17.4. The van der Waals surface area contributed by atoms with Gasteiger partial charge in [0.25, 0.3) is 0 Å². The van der Waals surface area contributed by atoms with Crippen molar-refractivity contribution in [2.24, 2.45) is 11.3 Å². The van der Waals surface area contributed by atoms with Crippen molar-refractivity contribution in [2.45, 2.75) is 39.3 Å². The summed E-state index contributed by atoms with van der Waals surface area (Å²) in [6.07, 6.45) is 1.87. The van der Waals surface area contributed by atoms with Crippen molar-refractivity contribution in [1.82, 2.24) is 10.2 Å². The summed E-state index contributed by atoms with van der Waals surface area (Å²) in [5.74, 6) is -0.0481. The normalized spacial score (nSPS) is 23.8. The van der Waals surface area contributed by atoms with Crippen molar-refractivity contribution in [3.8, 4) is 0 Å². The molecule has 1 N–H and O–H groups in total. The van der Waals surface area contributed by atoms with Gasteiger partial charge in [-0.05, 0) is 44.4 Å². The number of nitrogens with one attached hydrogen (secondary N) is 1. The van der Waals surface area contributed by atoms with E-state index >= 15 is 0 Å². The zero-order valence-electron chi connectivity index (χ0n) is 14.6. The van der Waals surface area contributed by atoms with Crippen LogP contribution in [0, 0.1) is 17.2 Å². The van der Waals surface area contributed by atoms with Crippen LogP contribution in [0.2, 0.25) is 0 Å². The van der Waals surface area contributed by atoms with Gasteiger partial charge in [0.2, 0.25) is 5.91 Å². The first-order chi connectivity index (χ1) is 11.5. The van der Waals surface area contributed by atoms with Crippen molar-refractivity contribution in [3.05, 3.63) is 35.6 Å². The monoisotopic (exact) mass is 334 g/mol. The van der Waals surface area contributed by atoms with Gasteiger partial charge >= 0.3 is 0 Å². The largest absolute Gasteiger partial charge is 0.381 e. The van der Waals surface area contributed by atoms with E-state index in [-0.39, 0.29) is 29.1 Å². The summed E-state index contributed by atoms with van der Waals surface area (Å²) >= 11 is 0. The number of carbonyl (C=O) groups is 1. The number of hydrogen-bond acceptors (Lipinski definition) is 3. The molecule has 0 unspecified atom stereocenters. The highest BCUT2D eigenvalue weighted by molar-refractivity contribution is 5.80. The molecule has 5 heteroatoms. The molecule has 0 aromatic heterocycles. The predicted molar refractivity (Wildman–Crippen MR) is 90.9 cm³/mol. The summed E-state index contributed by atoms with van der Waals surface area (Å²) in [4.78, 5) is 15.1. The second-order valence-corrected chi connectivity index (χ2v) is 7.49. The van der Waals surface area contributed by atoms with E-state index in [9.17, 15) is 9.18 Å². The number of rotatable bonds is 4. The molecule has 3 rings (SSSR count). The number of benzene rings is 1. The molecule has 1 spiro atoms. The van der Waals surface area contributed by atoms with Crippen LogP contribution in [0.3, 0.4) is 0 Å². The first-order valence-electron chi connectivity index (χ1n) is 8.83. The molecule has 2 heterocycles. The smallest absolute Gasteiger partial charge is 0.225 e. The molecular formula is C19H27FN2O2. The molecule has 0 saturated carbocycles. The lowest BCUT2D eigenvalue weighted by molar-refractivity contribution is -0.130. The number of hydrogen-bond donors (Lipinski definition) is 1. The minimum atomic E-state index is -0.213. The van der Waals surface area contributed by atoms with E-state index < -0.39 is 0 Å². The lowest BCUT2D eigenvalue weighted by Crippen LogP contribution is -2.46. The third-order valence-corrected chi connectivity index (χ3v) is 5.27. The van der Waals surface area contributed by atoms with Crippen molar-refractivity contribution >= 4 is 5.91 Å². The standard InChI is InChI=1S/C19H27FN2O2/c1-14(2)21-18(23)17-12-22(11-15-3-5-16(20)6-4-15)13-19(17)7-9-24-10-8-19/h3-6,14,17H,7-13H2,1-2H3,(H,21,23)/t17-/m0/s1. The van der Waals surface area contributed by atoms with Crippen molar-refractivity contribution in [3.63, 3.8) is 0 Å². The second kappa shape index (κ2) is 7.19. The lowest BCUT2D eigenvalue weighted by Gasteiger charge is -2.37. The van der Waals surface area contributed by atoms with Crippen LogP contribution < -0.4 is 5.32 Å². The van der Waals surface area contributed by atoms with Gasteiger partial charge < -0.3 is 10.1 Å². The number of amides is 1. The van der Waals surface area contributed by atoms with Gasteiger partial charge in [0.1, 0.15) is 5.82 Å². The predicted octanol–water partition coefficient (Wildman–Crippen LogP) is 2.58. The number of halogens is 1. The molecule has 1 atom stereocenters. The van der Waals surface area contributed by atoms with Gasteiger partial charge in [0, 0.05) is 44.3 Å². The first-order valence-corrected chi connectivity index (χ1v) is 8.83. The minimum absolute atomic E-state index is 0.00393. The Kier molecular flexibility index (Phi) is 5.21. The Morgan fingerprint density at radius 1 is 1.33 bits per heavy atom. The van der Waals surface area contributed by atoms with E-state index in [1.165, 1.54) is 12.1 Å². The van der Waals surface area contributed by atoms with Gasteiger partial charge in [0.15, 0.2) is 0 Å². The summed E-state index contributed by atoms with van der Waals surface area (Å²) in [7, 11) is 0. The molecule has 1 aromatic carbocycles. The minimum Gasteiger partial charge on any atom is -0.381 e. The topological polar surface area (TPSA) is 41.6 Å². The SMILES string of the molecule is CC(C)NC(=O)[C@@H]1CN(Cc2ccc(F)cc2)CC12CCOCC2. The summed E-state index contributed by atoms with van der Waals surface area (Å²) < 4.78 is 18.6. The van der Waals surface area contributed by atoms with Gasteiger partial charge in [-0.2, -0.15) is 0 Å². The Labute approximate surface area is 143 Å². The third kappa shape index (κ3) is 3.78. The molecular weight excluding hydrogens is 307 g/mol. The van der Waals surface area contributed by atoms with E-state index in [1.54, 1.807) is 0 Å². The Morgan fingerprint density at radius 2 is 2.00 bits per heavy atom. The Bertz CT molecular complexity index is 567. The van der Waals surface area contributed by atoms with Gasteiger partial charge in [-0.15, -0.1) is 0 Å². The van der Waals surface area contributed by atoms with Crippen molar-refractivity contribution in [1.29, 1.82) is 0 Å². The van der Waals surface area contributed by atoms with Crippen LogP contribution in [0.25, 0.3) is 0 Å². The van der Waals surface area contributed by atoms with Crippen molar-refractivity contribution < 1.29 is 13.9 Å². The molecule has 1 amide bonds. The summed E-state index contributed by atoms with van der Waals surface area (Å²) in [5.41, 5.74) is 1.10. The van der Waals surface area contributed by atoms with Crippen LogP contribution in [0.5, 0.6) is 0 Å². The maximum Gasteiger partial charge on any atom is 0.225 e. The van der Waals surface area contributed by atoms with Gasteiger partial charge in [-0.1, -0.05) is 12.1 Å². The van der Waals surface area contributed by atoms with Gasteiger partial charge in [0.05, 0.1) is 5.92 Å². The average Bonchev–Trinajstić information content (AvgIpc) is 2.87. The molecule has 4 nitrogen and oxygen atoms in total. The van der Waals surface area contributed by atoms with E-state index in [0.717, 1.165) is 51.3 Å².